The van der Waals surface area contributed by atoms with Crippen molar-refractivity contribution in [1.82, 2.24) is 4.90 Å². The molecule has 1 atom stereocenters. The fourth-order valence-electron chi connectivity index (χ4n) is 3.14. The average molecular weight is 299 g/mol. The summed E-state index contributed by atoms with van der Waals surface area (Å²) >= 11 is 0. The van der Waals surface area contributed by atoms with Gasteiger partial charge in [-0.3, -0.25) is 4.90 Å². The van der Waals surface area contributed by atoms with Crippen LogP contribution >= 0.6 is 0 Å². The van der Waals surface area contributed by atoms with E-state index in [4.69, 9.17) is 13.9 Å². The maximum atomic E-state index is 5.69. The van der Waals surface area contributed by atoms with Gasteiger partial charge in [-0.15, -0.1) is 6.58 Å². The molecule has 116 valence electrons. The van der Waals surface area contributed by atoms with Gasteiger partial charge in [0, 0.05) is 13.1 Å². The molecule has 0 amide bonds. The van der Waals surface area contributed by atoms with Gasteiger partial charge in [0.05, 0.1) is 26.5 Å². The molecule has 0 radical (unpaired) electrons. The van der Waals surface area contributed by atoms with Crippen LogP contribution in [0, 0.1) is 0 Å². The van der Waals surface area contributed by atoms with Crippen LogP contribution in [0.15, 0.2) is 47.6 Å². The summed E-state index contributed by atoms with van der Waals surface area (Å²) in [4.78, 5) is 2.36. The minimum absolute atomic E-state index is 0.0801. The van der Waals surface area contributed by atoms with Gasteiger partial charge >= 0.3 is 0 Å². The Kier molecular flexibility index (Phi) is 4.20. The molecule has 0 bridgehead atoms. The number of hydrogen-bond acceptors (Lipinski definition) is 4. The lowest BCUT2D eigenvalue weighted by atomic mass is 9.90. The lowest BCUT2D eigenvalue weighted by Crippen LogP contribution is -2.36. The minimum Gasteiger partial charge on any atom is -0.493 e. The topological polar surface area (TPSA) is 34.8 Å². The summed E-state index contributed by atoms with van der Waals surface area (Å²) in [6, 6.07) is 8.17. The second-order valence-electron chi connectivity index (χ2n) is 5.36. The van der Waals surface area contributed by atoms with E-state index in [0.717, 1.165) is 36.8 Å². The molecule has 0 spiro atoms. The Hall–Kier alpha value is -2.20. The molecule has 4 nitrogen and oxygen atoms in total. The highest BCUT2D eigenvalue weighted by Gasteiger charge is 2.31. The normalized spacial score (nSPS) is 17.8. The Morgan fingerprint density at radius 1 is 1.32 bits per heavy atom. The maximum absolute atomic E-state index is 5.69. The third-order valence-corrected chi connectivity index (χ3v) is 4.15. The Morgan fingerprint density at radius 3 is 2.73 bits per heavy atom. The average Bonchev–Trinajstić information content (AvgIpc) is 3.07. The van der Waals surface area contributed by atoms with Crippen LogP contribution in [0.5, 0.6) is 11.5 Å². The predicted octanol–water partition coefficient (Wildman–Crippen LogP) is 3.43. The number of rotatable bonds is 5. The van der Waals surface area contributed by atoms with E-state index in [0.29, 0.717) is 0 Å². The van der Waals surface area contributed by atoms with E-state index in [2.05, 4.69) is 23.6 Å². The zero-order valence-electron chi connectivity index (χ0n) is 13.0. The molecule has 1 unspecified atom stereocenters. The van der Waals surface area contributed by atoms with E-state index in [-0.39, 0.29) is 6.04 Å². The third-order valence-electron chi connectivity index (χ3n) is 4.15. The van der Waals surface area contributed by atoms with Crippen molar-refractivity contribution in [1.29, 1.82) is 0 Å². The van der Waals surface area contributed by atoms with Crippen LogP contribution in [0.3, 0.4) is 0 Å². The Balaban J connectivity index is 2.11. The Morgan fingerprint density at radius 2 is 2.09 bits per heavy atom. The number of furan rings is 1. The molecule has 2 heterocycles. The monoisotopic (exact) mass is 299 g/mol. The van der Waals surface area contributed by atoms with Gasteiger partial charge < -0.3 is 13.9 Å². The fourth-order valence-corrected chi connectivity index (χ4v) is 3.14. The van der Waals surface area contributed by atoms with Crippen LogP contribution in [-0.2, 0) is 6.42 Å². The SMILES string of the molecule is C=CCN1CCc2cc(OC)c(OC)cc2C1c1ccco1. The molecule has 0 saturated heterocycles. The highest BCUT2D eigenvalue weighted by Crippen LogP contribution is 2.40. The first kappa shape index (κ1) is 14.7. The summed E-state index contributed by atoms with van der Waals surface area (Å²) in [5.74, 6) is 2.46. The number of benzene rings is 1. The maximum Gasteiger partial charge on any atom is 0.161 e. The molecule has 2 aromatic rings. The highest BCUT2D eigenvalue weighted by atomic mass is 16.5. The molecule has 1 aliphatic heterocycles. The Labute approximate surface area is 130 Å². The first-order valence-electron chi connectivity index (χ1n) is 7.41. The lowest BCUT2D eigenvalue weighted by molar-refractivity contribution is 0.211. The van der Waals surface area contributed by atoms with Gasteiger partial charge in [0.15, 0.2) is 11.5 Å². The van der Waals surface area contributed by atoms with Gasteiger partial charge in [0.1, 0.15) is 5.76 Å². The molecule has 4 heteroatoms. The van der Waals surface area contributed by atoms with Gasteiger partial charge in [0.25, 0.3) is 0 Å². The molecule has 0 aliphatic carbocycles. The van der Waals surface area contributed by atoms with E-state index in [1.165, 1.54) is 11.1 Å². The first-order chi connectivity index (χ1) is 10.8. The van der Waals surface area contributed by atoms with Crippen molar-refractivity contribution in [3.8, 4) is 11.5 Å². The lowest BCUT2D eigenvalue weighted by Gasteiger charge is -2.36. The molecule has 0 saturated carbocycles. The molecule has 1 aromatic carbocycles. The van der Waals surface area contributed by atoms with Gasteiger partial charge in [-0.05, 0) is 41.8 Å². The van der Waals surface area contributed by atoms with Crippen molar-refractivity contribution >= 4 is 0 Å². The number of ether oxygens (including phenoxy) is 2. The second kappa shape index (κ2) is 6.28. The number of hydrogen-bond donors (Lipinski definition) is 0. The minimum atomic E-state index is 0.0801. The van der Waals surface area contributed by atoms with Crippen molar-refractivity contribution < 1.29 is 13.9 Å². The number of methoxy groups -OCH3 is 2. The van der Waals surface area contributed by atoms with Gasteiger partial charge in [0.2, 0.25) is 0 Å². The molecule has 0 fully saturated rings. The van der Waals surface area contributed by atoms with Crippen LogP contribution in [0.2, 0.25) is 0 Å². The number of nitrogens with zero attached hydrogens (tertiary/aromatic N) is 1. The van der Waals surface area contributed by atoms with Crippen molar-refractivity contribution in [3.63, 3.8) is 0 Å². The number of fused-ring (bicyclic) bond motifs is 1. The summed E-state index contributed by atoms with van der Waals surface area (Å²) in [7, 11) is 3.33. The fraction of sp³-hybridized carbons (Fsp3) is 0.333. The predicted molar refractivity (Wildman–Crippen MR) is 85.6 cm³/mol. The summed E-state index contributed by atoms with van der Waals surface area (Å²) in [5.41, 5.74) is 2.49. The second-order valence-corrected chi connectivity index (χ2v) is 5.36. The molecular weight excluding hydrogens is 278 g/mol. The quantitative estimate of drug-likeness (QED) is 0.792. The van der Waals surface area contributed by atoms with Crippen LogP contribution < -0.4 is 9.47 Å². The summed E-state index contributed by atoms with van der Waals surface area (Å²) in [5, 5.41) is 0. The molecular formula is C18H21NO3. The molecule has 22 heavy (non-hydrogen) atoms. The molecule has 1 aliphatic rings. The first-order valence-corrected chi connectivity index (χ1v) is 7.41. The van der Waals surface area contributed by atoms with Crippen LogP contribution in [0.1, 0.15) is 22.9 Å². The van der Waals surface area contributed by atoms with Crippen LogP contribution in [0.4, 0.5) is 0 Å². The van der Waals surface area contributed by atoms with Crippen LogP contribution in [-0.4, -0.2) is 32.2 Å². The molecule has 0 N–H and O–H groups in total. The van der Waals surface area contributed by atoms with Gasteiger partial charge in [-0.2, -0.15) is 0 Å². The van der Waals surface area contributed by atoms with Crippen molar-refractivity contribution in [2.75, 3.05) is 27.3 Å². The van der Waals surface area contributed by atoms with Crippen molar-refractivity contribution in [2.24, 2.45) is 0 Å². The van der Waals surface area contributed by atoms with E-state index in [9.17, 15) is 0 Å². The van der Waals surface area contributed by atoms with Crippen molar-refractivity contribution in [2.45, 2.75) is 12.5 Å². The van der Waals surface area contributed by atoms with Gasteiger partial charge in [-0.1, -0.05) is 6.08 Å². The molecule has 3 rings (SSSR count). The third kappa shape index (κ3) is 2.50. The summed E-state index contributed by atoms with van der Waals surface area (Å²) < 4.78 is 16.6. The Bertz CT molecular complexity index is 649. The van der Waals surface area contributed by atoms with Crippen LogP contribution in [0.25, 0.3) is 0 Å². The van der Waals surface area contributed by atoms with E-state index < -0.39 is 0 Å². The van der Waals surface area contributed by atoms with E-state index in [1.807, 2.05) is 18.2 Å². The smallest absolute Gasteiger partial charge is 0.161 e. The standard InChI is InChI=1S/C18H21NO3/c1-4-8-19-9-7-13-11-16(20-2)17(21-3)12-14(13)18(19)15-6-5-10-22-15/h4-6,10-12,18H,1,7-9H2,2-3H3. The summed E-state index contributed by atoms with van der Waals surface area (Å²) in [6.45, 7) is 5.65. The van der Waals surface area contributed by atoms with Crippen molar-refractivity contribution in [3.05, 3.63) is 60.1 Å². The van der Waals surface area contributed by atoms with E-state index in [1.54, 1.807) is 20.5 Å². The summed E-state index contributed by atoms with van der Waals surface area (Å²) in [6.07, 6.45) is 4.62. The zero-order valence-corrected chi connectivity index (χ0v) is 13.0. The molecule has 1 aromatic heterocycles. The van der Waals surface area contributed by atoms with E-state index >= 15 is 0 Å². The zero-order chi connectivity index (χ0) is 15.5. The highest BCUT2D eigenvalue weighted by molar-refractivity contribution is 5.51. The largest absolute Gasteiger partial charge is 0.493 e. The van der Waals surface area contributed by atoms with Gasteiger partial charge in [-0.25, -0.2) is 0 Å².